The summed E-state index contributed by atoms with van der Waals surface area (Å²) in [5, 5.41) is 0. The minimum absolute atomic E-state index is 0.246. The van der Waals surface area contributed by atoms with Gasteiger partial charge in [-0.25, -0.2) is 9.79 Å². The first-order chi connectivity index (χ1) is 19.1. The monoisotopic (exact) mass is 620 g/mol. The fourth-order valence-electron chi connectivity index (χ4n) is 5.03. The Morgan fingerprint density at radius 1 is 1.18 bits per heavy atom. The van der Waals surface area contributed by atoms with E-state index in [0.717, 1.165) is 27.1 Å². The Morgan fingerprint density at radius 3 is 2.62 bits per heavy atom. The van der Waals surface area contributed by atoms with Gasteiger partial charge >= 0.3 is 5.97 Å². The number of ether oxygens (including phenoxy) is 2. The van der Waals surface area contributed by atoms with Crippen molar-refractivity contribution < 1.29 is 14.3 Å². The summed E-state index contributed by atoms with van der Waals surface area (Å²) in [5.41, 5.74) is 5.09. The Labute approximate surface area is 244 Å². The normalized spacial score (nSPS) is 15.3. The maximum atomic E-state index is 14.1. The Bertz CT molecular complexity index is 1830. The number of hydrogen-bond donors (Lipinski definition) is 0. The molecule has 0 fully saturated rings. The van der Waals surface area contributed by atoms with Crippen molar-refractivity contribution >= 4 is 39.3 Å². The number of methoxy groups -OCH3 is 1. The van der Waals surface area contributed by atoms with E-state index in [2.05, 4.69) is 25.5 Å². The lowest BCUT2D eigenvalue weighted by molar-refractivity contribution is -0.143. The predicted molar refractivity (Wildman–Crippen MR) is 159 cm³/mol. The number of esters is 1. The molecule has 5 rings (SSSR count). The van der Waals surface area contributed by atoms with Crippen molar-refractivity contribution in [3.05, 3.63) is 107 Å². The van der Waals surface area contributed by atoms with E-state index in [1.165, 1.54) is 11.3 Å². The molecule has 0 unspecified atom stereocenters. The first-order valence-electron chi connectivity index (χ1n) is 12.8. The SMILES string of the molecule is COc1ccc(Br)cc1[C@H]1C(C(=O)OC(C)C)=C(C)N=c2s/c(=C\c3cc(C)n(-c4cccnc4)c3C)c(=O)n21. The molecule has 1 aliphatic heterocycles. The number of rotatable bonds is 6. The third-order valence-corrected chi connectivity index (χ3v) is 8.21. The van der Waals surface area contributed by atoms with Gasteiger partial charge in [-0.15, -0.1) is 0 Å². The molecule has 0 spiro atoms. The molecule has 3 aromatic heterocycles. The van der Waals surface area contributed by atoms with Crippen LogP contribution in [0.3, 0.4) is 0 Å². The third-order valence-electron chi connectivity index (χ3n) is 6.73. The number of carbonyl (C=O) groups is 1. The summed E-state index contributed by atoms with van der Waals surface area (Å²) in [6, 6.07) is 10.7. The Kier molecular flexibility index (Phi) is 7.65. The zero-order valence-corrected chi connectivity index (χ0v) is 25.5. The van der Waals surface area contributed by atoms with Gasteiger partial charge in [-0.05, 0) is 82.7 Å². The van der Waals surface area contributed by atoms with E-state index in [0.29, 0.717) is 31.9 Å². The summed E-state index contributed by atoms with van der Waals surface area (Å²) in [7, 11) is 1.57. The van der Waals surface area contributed by atoms with Gasteiger partial charge in [0.15, 0.2) is 4.80 Å². The second-order valence-corrected chi connectivity index (χ2v) is 11.7. The number of fused-ring (bicyclic) bond motifs is 1. The highest BCUT2D eigenvalue weighted by Gasteiger charge is 2.35. The highest BCUT2D eigenvalue weighted by atomic mass is 79.9. The molecule has 4 aromatic rings. The molecule has 10 heteroatoms. The molecule has 1 atom stereocenters. The van der Waals surface area contributed by atoms with Crippen LogP contribution in [0.15, 0.2) is 74.3 Å². The number of nitrogens with zero attached hydrogens (tertiary/aromatic N) is 4. The molecule has 0 saturated carbocycles. The van der Waals surface area contributed by atoms with Crippen LogP contribution >= 0.6 is 27.3 Å². The highest BCUT2D eigenvalue weighted by Crippen LogP contribution is 2.37. The maximum absolute atomic E-state index is 14.1. The van der Waals surface area contributed by atoms with Crippen LogP contribution in [0.4, 0.5) is 0 Å². The highest BCUT2D eigenvalue weighted by molar-refractivity contribution is 9.10. The van der Waals surface area contributed by atoms with Crippen molar-refractivity contribution in [1.29, 1.82) is 0 Å². The zero-order chi connectivity index (χ0) is 28.7. The summed E-state index contributed by atoms with van der Waals surface area (Å²) in [6.07, 6.45) is 5.10. The second-order valence-electron chi connectivity index (χ2n) is 9.80. The molecule has 0 bridgehead atoms. The molecule has 0 radical (unpaired) electrons. The maximum Gasteiger partial charge on any atom is 0.338 e. The van der Waals surface area contributed by atoms with Crippen molar-refractivity contribution in [3.63, 3.8) is 0 Å². The summed E-state index contributed by atoms with van der Waals surface area (Å²) >= 11 is 4.83. The second kappa shape index (κ2) is 11.0. The van der Waals surface area contributed by atoms with Crippen LogP contribution in [0.1, 0.15) is 49.3 Å². The standard InChI is InChI=1S/C30H29BrN4O4S/c1-16(2)39-29(37)26-18(4)33-30-35(27(26)23-14-21(31)9-10-24(23)38-6)28(36)25(40-30)13-20-12-17(3)34(19(20)5)22-8-7-11-32-15-22/h7-16,27H,1-6H3/b25-13-/t27-/m0/s1. The Hall–Kier alpha value is -3.76. The molecule has 206 valence electrons. The van der Waals surface area contributed by atoms with Crippen molar-refractivity contribution in [2.24, 2.45) is 4.99 Å². The first kappa shape index (κ1) is 27.8. The van der Waals surface area contributed by atoms with Gasteiger partial charge in [0.2, 0.25) is 0 Å². The van der Waals surface area contributed by atoms with E-state index in [1.807, 2.05) is 62.5 Å². The number of hydrogen-bond acceptors (Lipinski definition) is 7. The predicted octanol–water partition coefficient (Wildman–Crippen LogP) is 4.76. The lowest BCUT2D eigenvalue weighted by Crippen LogP contribution is -2.40. The van der Waals surface area contributed by atoms with E-state index in [4.69, 9.17) is 14.5 Å². The number of allylic oxidation sites excluding steroid dienone is 1. The first-order valence-corrected chi connectivity index (χ1v) is 14.4. The summed E-state index contributed by atoms with van der Waals surface area (Å²) < 4.78 is 16.3. The van der Waals surface area contributed by atoms with Crippen LogP contribution in [-0.2, 0) is 9.53 Å². The van der Waals surface area contributed by atoms with Crippen molar-refractivity contribution in [1.82, 2.24) is 14.1 Å². The van der Waals surface area contributed by atoms with Crippen molar-refractivity contribution in [2.75, 3.05) is 7.11 Å². The minimum Gasteiger partial charge on any atom is -0.496 e. The molecule has 8 nitrogen and oxygen atoms in total. The fraction of sp³-hybridized carbons (Fsp3) is 0.267. The van der Waals surface area contributed by atoms with Crippen molar-refractivity contribution in [2.45, 2.75) is 46.8 Å². The average Bonchev–Trinajstić information content (AvgIpc) is 3.37. The molecule has 0 amide bonds. The van der Waals surface area contributed by atoms with E-state index in [9.17, 15) is 9.59 Å². The van der Waals surface area contributed by atoms with Crippen LogP contribution in [0.2, 0.25) is 0 Å². The Balaban J connectivity index is 1.74. The minimum atomic E-state index is -0.778. The lowest BCUT2D eigenvalue weighted by atomic mass is 9.95. The van der Waals surface area contributed by atoms with Crippen LogP contribution in [-0.4, -0.2) is 33.3 Å². The zero-order valence-electron chi connectivity index (χ0n) is 23.1. The van der Waals surface area contributed by atoms with Gasteiger partial charge in [-0.3, -0.25) is 14.3 Å². The largest absolute Gasteiger partial charge is 0.496 e. The third kappa shape index (κ3) is 4.97. The number of pyridine rings is 1. The molecule has 1 aliphatic rings. The van der Waals surface area contributed by atoms with Gasteiger partial charge in [0, 0.05) is 27.6 Å². The molecule has 0 N–H and O–H groups in total. The number of thiazole rings is 1. The van der Waals surface area contributed by atoms with Gasteiger partial charge in [-0.1, -0.05) is 27.3 Å². The molecule has 4 heterocycles. The van der Waals surface area contributed by atoms with Crippen LogP contribution in [0.5, 0.6) is 5.75 Å². The van der Waals surface area contributed by atoms with Crippen LogP contribution in [0.25, 0.3) is 11.8 Å². The van der Waals surface area contributed by atoms with Crippen LogP contribution < -0.4 is 19.6 Å². The number of carbonyl (C=O) groups excluding carboxylic acids is 1. The van der Waals surface area contributed by atoms with Gasteiger partial charge < -0.3 is 14.0 Å². The molecule has 40 heavy (non-hydrogen) atoms. The quantitative estimate of drug-likeness (QED) is 0.290. The Morgan fingerprint density at radius 2 is 1.95 bits per heavy atom. The number of aryl methyl sites for hydroxylation is 1. The molecular weight excluding hydrogens is 592 g/mol. The molecule has 0 saturated heterocycles. The molecule has 0 aliphatic carbocycles. The molecular formula is C30H29BrN4O4S. The summed E-state index contributed by atoms with van der Waals surface area (Å²) in [4.78, 5) is 36.9. The number of aromatic nitrogens is 3. The smallest absolute Gasteiger partial charge is 0.338 e. The van der Waals surface area contributed by atoms with Gasteiger partial charge in [0.25, 0.3) is 5.56 Å². The fourth-order valence-corrected chi connectivity index (χ4v) is 6.45. The molecule has 1 aromatic carbocycles. The number of benzene rings is 1. The van der Waals surface area contributed by atoms with E-state index in [1.54, 1.807) is 38.6 Å². The van der Waals surface area contributed by atoms with Gasteiger partial charge in [0.1, 0.15) is 11.8 Å². The summed E-state index contributed by atoms with van der Waals surface area (Å²) in [5.74, 6) is 0.0323. The average molecular weight is 622 g/mol. The van der Waals surface area contributed by atoms with E-state index < -0.39 is 12.0 Å². The van der Waals surface area contributed by atoms with Crippen molar-refractivity contribution in [3.8, 4) is 11.4 Å². The lowest BCUT2D eigenvalue weighted by Gasteiger charge is -2.26. The van der Waals surface area contributed by atoms with Crippen LogP contribution in [0, 0.1) is 13.8 Å². The van der Waals surface area contributed by atoms with E-state index in [-0.39, 0.29) is 11.7 Å². The topological polar surface area (TPSA) is 87.7 Å². The van der Waals surface area contributed by atoms with Gasteiger partial charge in [0.05, 0.1) is 40.9 Å². The van der Waals surface area contributed by atoms with E-state index >= 15 is 0 Å². The van der Waals surface area contributed by atoms with Gasteiger partial charge in [-0.2, -0.15) is 0 Å². The number of halogens is 1. The summed E-state index contributed by atoms with van der Waals surface area (Å²) in [6.45, 7) is 9.39.